The molecule has 0 saturated heterocycles. The quantitative estimate of drug-likeness (QED) is 0.788. The summed E-state index contributed by atoms with van der Waals surface area (Å²) in [6.45, 7) is 5.82. The Morgan fingerprint density at radius 1 is 1.36 bits per heavy atom. The Morgan fingerprint density at radius 3 is 2.43 bits per heavy atom. The number of nitrogens with two attached hydrogens (primary N) is 1. The van der Waals surface area contributed by atoms with Gasteiger partial charge in [-0.3, -0.25) is 0 Å². The second-order valence-corrected chi connectivity index (χ2v) is 4.44. The van der Waals surface area contributed by atoms with Crippen molar-refractivity contribution in [3.05, 3.63) is 35.1 Å². The van der Waals surface area contributed by atoms with Crippen molar-refractivity contribution in [1.82, 2.24) is 0 Å². The summed E-state index contributed by atoms with van der Waals surface area (Å²) in [5.74, 6) is -0.136. The van der Waals surface area contributed by atoms with Gasteiger partial charge in [-0.05, 0) is 43.9 Å². The van der Waals surface area contributed by atoms with Gasteiger partial charge in [-0.15, -0.1) is 0 Å². The van der Waals surface area contributed by atoms with E-state index in [0.717, 1.165) is 12.0 Å². The molecule has 0 fully saturated rings. The van der Waals surface area contributed by atoms with Gasteiger partial charge in [0.25, 0.3) is 0 Å². The molecule has 1 aromatic carbocycles. The molecule has 2 heteroatoms. The van der Waals surface area contributed by atoms with Gasteiger partial charge in [0.2, 0.25) is 0 Å². The summed E-state index contributed by atoms with van der Waals surface area (Å²) in [5.41, 5.74) is 7.22. The maximum atomic E-state index is 13.5. The van der Waals surface area contributed by atoms with Crippen LogP contribution >= 0.6 is 0 Å². The minimum Gasteiger partial charge on any atom is -0.325 e. The van der Waals surface area contributed by atoms with E-state index in [2.05, 4.69) is 0 Å². The molecule has 0 heterocycles. The highest BCUT2D eigenvalue weighted by Crippen LogP contribution is 2.15. The SMILES string of the molecule is CCc1ccc(CC(C)(C)N)c(F)c1. The van der Waals surface area contributed by atoms with E-state index in [1.807, 2.05) is 32.9 Å². The average molecular weight is 195 g/mol. The van der Waals surface area contributed by atoms with Crippen molar-refractivity contribution >= 4 is 0 Å². The monoisotopic (exact) mass is 195 g/mol. The molecule has 0 bridgehead atoms. The fraction of sp³-hybridized carbons (Fsp3) is 0.500. The Balaban J connectivity index is 2.89. The molecule has 1 nitrogen and oxygen atoms in total. The van der Waals surface area contributed by atoms with Gasteiger partial charge >= 0.3 is 0 Å². The Hall–Kier alpha value is -0.890. The first-order valence-electron chi connectivity index (χ1n) is 4.98. The highest BCUT2D eigenvalue weighted by atomic mass is 19.1. The highest BCUT2D eigenvalue weighted by Gasteiger charge is 2.14. The summed E-state index contributed by atoms with van der Waals surface area (Å²) < 4.78 is 13.5. The Bertz CT molecular complexity index is 313. The fourth-order valence-corrected chi connectivity index (χ4v) is 1.44. The Kier molecular flexibility index (Phi) is 3.27. The zero-order chi connectivity index (χ0) is 10.8. The second-order valence-electron chi connectivity index (χ2n) is 4.44. The van der Waals surface area contributed by atoms with E-state index in [1.54, 1.807) is 6.07 Å². The third-order valence-corrected chi connectivity index (χ3v) is 2.17. The average Bonchev–Trinajstić information content (AvgIpc) is 2.06. The van der Waals surface area contributed by atoms with Crippen LogP contribution in [-0.2, 0) is 12.8 Å². The predicted octanol–water partition coefficient (Wildman–Crippen LogP) is 2.67. The molecular formula is C12H18FN. The van der Waals surface area contributed by atoms with Crippen LogP contribution in [0.25, 0.3) is 0 Å². The molecule has 0 saturated carbocycles. The van der Waals surface area contributed by atoms with E-state index in [1.165, 1.54) is 0 Å². The fourth-order valence-electron chi connectivity index (χ4n) is 1.44. The van der Waals surface area contributed by atoms with E-state index in [9.17, 15) is 4.39 Å². The molecule has 0 aromatic heterocycles. The second kappa shape index (κ2) is 4.09. The van der Waals surface area contributed by atoms with Crippen LogP contribution in [0.1, 0.15) is 31.9 Å². The van der Waals surface area contributed by atoms with Crippen LogP contribution in [0.5, 0.6) is 0 Å². The number of rotatable bonds is 3. The van der Waals surface area contributed by atoms with Gasteiger partial charge in [0.15, 0.2) is 0 Å². The van der Waals surface area contributed by atoms with E-state index in [0.29, 0.717) is 12.0 Å². The molecule has 0 aliphatic heterocycles. The van der Waals surface area contributed by atoms with Crippen LogP contribution in [-0.4, -0.2) is 5.54 Å². The minimum absolute atomic E-state index is 0.136. The maximum Gasteiger partial charge on any atom is 0.126 e. The van der Waals surface area contributed by atoms with Crippen LogP contribution in [0, 0.1) is 5.82 Å². The molecule has 0 radical (unpaired) electrons. The molecule has 0 aliphatic carbocycles. The van der Waals surface area contributed by atoms with Crippen LogP contribution < -0.4 is 5.73 Å². The van der Waals surface area contributed by atoms with Gasteiger partial charge in [-0.1, -0.05) is 19.1 Å². The normalized spacial score (nSPS) is 11.8. The molecule has 78 valence electrons. The number of hydrogen-bond donors (Lipinski definition) is 1. The summed E-state index contributed by atoms with van der Waals surface area (Å²) in [4.78, 5) is 0. The Labute approximate surface area is 85.1 Å². The summed E-state index contributed by atoms with van der Waals surface area (Å²) >= 11 is 0. The lowest BCUT2D eigenvalue weighted by Gasteiger charge is -2.18. The van der Waals surface area contributed by atoms with E-state index >= 15 is 0 Å². The van der Waals surface area contributed by atoms with Crippen molar-refractivity contribution in [1.29, 1.82) is 0 Å². The number of benzene rings is 1. The van der Waals surface area contributed by atoms with Crippen molar-refractivity contribution < 1.29 is 4.39 Å². The third-order valence-electron chi connectivity index (χ3n) is 2.17. The first-order valence-corrected chi connectivity index (χ1v) is 4.98. The van der Waals surface area contributed by atoms with E-state index < -0.39 is 0 Å². The highest BCUT2D eigenvalue weighted by molar-refractivity contribution is 5.25. The number of hydrogen-bond acceptors (Lipinski definition) is 1. The summed E-state index contributed by atoms with van der Waals surface area (Å²) in [6, 6.07) is 5.40. The standard InChI is InChI=1S/C12H18FN/c1-4-9-5-6-10(11(13)7-9)8-12(2,3)14/h5-7H,4,8,14H2,1-3H3. The van der Waals surface area contributed by atoms with Crippen molar-refractivity contribution in [3.8, 4) is 0 Å². The molecule has 0 unspecified atom stereocenters. The zero-order valence-electron chi connectivity index (χ0n) is 9.10. The zero-order valence-corrected chi connectivity index (χ0v) is 9.10. The minimum atomic E-state index is -0.353. The van der Waals surface area contributed by atoms with Gasteiger partial charge in [0.1, 0.15) is 5.82 Å². The van der Waals surface area contributed by atoms with Crippen molar-refractivity contribution in [2.24, 2.45) is 5.73 Å². The van der Waals surface area contributed by atoms with Gasteiger partial charge in [-0.2, -0.15) is 0 Å². The molecule has 1 rings (SSSR count). The first kappa shape index (κ1) is 11.2. The molecule has 14 heavy (non-hydrogen) atoms. The molecule has 0 atom stereocenters. The van der Waals surface area contributed by atoms with E-state index in [-0.39, 0.29) is 11.4 Å². The molecule has 1 aromatic rings. The lowest BCUT2D eigenvalue weighted by atomic mass is 9.95. The van der Waals surface area contributed by atoms with E-state index in [4.69, 9.17) is 5.73 Å². The van der Waals surface area contributed by atoms with Crippen molar-refractivity contribution in [2.45, 2.75) is 39.2 Å². The summed E-state index contributed by atoms with van der Waals surface area (Å²) in [5, 5.41) is 0. The van der Waals surface area contributed by atoms with Crippen molar-refractivity contribution in [3.63, 3.8) is 0 Å². The molecular weight excluding hydrogens is 177 g/mol. The van der Waals surface area contributed by atoms with Gasteiger partial charge in [0.05, 0.1) is 0 Å². The summed E-state index contributed by atoms with van der Waals surface area (Å²) in [6.07, 6.45) is 1.44. The predicted molar refractivity (Wildman–Crippen MR) is 57.7 cm³/mol. The largest absolute Gasteiger partial charge is 0.325 e. The molecule has 0 spiro atoms. The Morgan fingerprint density at radius 2 is 2.00 bits per heavy atom. The van der Waals surface area contributed by atoms with Crippen LogP contribution in [0.3, 0.4) is 0 Å². The van der Waals surface area contributed by atoms with Crippen molar-refractivity contribution in [2.75, 3.05) is 0 Å². The number of halogens is 1. The maximum absolute atomic E-state index is 13.5. The summed E-state index contributed by atoms with van der Waals surface area (Å²) in [7, 11) is 0. The number of aryl methyl sites for hydroxylation is 1. The third kappa shape index (κ3) is 3.11. The lowest BCUT2D eigenvalue weighted by molar-refractivity contribution is 0.497. The van der Waals surface area contributed by atoms with Crippen LogP contribution in [0.4, 0.5) is 4.39 Å². The lowest BCUT2D eigenvalue weighted by Crippen LogP contribution is -2.34. The van der Waals surface area contributed by atoms with Crippen LogP contribution in [0.15, 0.2) is 18.2 Å². The topological polar surface area (TPSA) is 26.0 Å². The molecule has 2 N–H and O–H groups in total. The first-order chi connectivity index (χ1) is 6.42. The van der Waals surface area contributed by atoms with Gasteiger partial charge in [-0.25, -0.2) is 4.39 Å². The molecule has 0 aliphatic rings. The molecule has 0 amide bonds. The smallest absolute Gasteiger partial charge is 0.126 e. The van der Waals surface area contributed by atoms with Gasteiger partial charge < -0.3 is 5.73 Å². The van der Waals surface area contributed by atoms with Crippen LogP contribution in [0.2, 0.25) is 0 Å². The van der Waals surface area contributed by atoms with Gasteiger partial charge in [0, 0.05) is 5.54 Å².